The number of nitrogens with one attached hydrogen (secondary N) is 2. The molecule has 18 heavy (non-hydrogen) atoms. The summed E-state index contributed by atoms with van der Waals surface area (Å²) < 4.78 is 4.71. The molecule has 0 unspecified atom stereocenters. The first kappa shape index (κ1) is 14.4. The van der Waals surface area contributed by atoms with Gasteiger partial charge in [0.2, 0.25) is 0 Å². The highest BCUT2D eigenvalue weighted by Gasteiger charge is 2.38. The zero-order valence-electron chi connectivity index (χ0n) is 10.3. The van der Waals surface area contributed by atoms with E-state index in [9.17, 15) is 19.5 Å². The lowest BCUT2D eigenvalue weighted by Crippen LogP contribution is -2.44. The van der Waals surface area contributed by atoms with Crippen LogP contribution in [-0.2, 0) is 14.3 Å². The number of carbonyl (C=O) groups is 3. The summed E-state index contributed by atoms with van der Waals surface area (Å²) in [5.74, 6) is -1.53. The Morgan fingerprint density at radius 2 is 1.83 bits per heavy atom. The van der Waals surface area contributed by atoms with Crippen molar-refractivity contribution in [3.63, 3.8) is 0 Å². The molecule has 7 heteroatoms. The summed E-state index contributed by atoms with van der Waals surface area (Å²) in [6.07, 6.45) is 3.20. The number of hydrogen-bond acceptors (Lipinski definition) is 5. The monoisotopic (exact) mass is 258 g/mol. The quantitative estimate of drug-likeness (QED) is 0.602. The highest BCUT2D eigenvalue weighted by Crippen LogP contribution is 2.28. The minimum atomic E-state index is -1.48. The second-order valence-electron chi connectivity index (χ2n) is 4.30. The Morgan fingerprint density at radius 3 is 2.39 bits per heavy atom. The van der Waals surface area contributed by atoms with Gasteiger partial charge in [0, 0.05) is 7.05 Å². The molecule has 7 nitrogen and oxygen atoms in total. The molecule has 0 aromatic carbocycles. The third-order valence-corrected chi connectivity index (χ3v) is 2.88. The SMILES string of the molecule is CNC(=O)NC(=O)COC(=O)C1(O)CCCCC1. The lowest BCUT2D eigenvalue weighted by Gasteiger charge is -2.29. The summed E-state index contributed by atoms with van der Waals surface area (Å²) in [5, 5.41) is 14.1. The Morgan fingerprint density at radius 1 is 1.22 bits per heavy atom. The van der Waals surface area contributed by atoms with Gasteiger partial charge < -0.3 is 15.2 Å². The first-order chi connectivity index (χ1) is 8.48. The van der Waals surface area contributed by atoms with Crippen LogP contribution in [0.3, 0.4) is 0 Å². The van der Waals surface area contributed by atoms with Crippen molar-refractivity contribution < 1.29 is 24.2 Å². The lowest BCUT2D eigenvalue weighted by molar-refractivity contribution is -0.170. The molecular formula is C11H18N2O5. The summed E-state index contributed by atoms with van der Waals surface area (Å²) in [7, 11) is 1.36. The molecule has 1 fully saturated rings. The largest absolute Gasteiger partial charge is 0.453 e. The standard InChI is InChI=1S/C11H18N2O5/c1-12-10(16)13-8(14)7-18-9(15)11(17)5-3-2-4-6-11/h17H,2-7H2,1H3,(H2,12,13,14,16). The third kappa shape index (κ3) is 3.99. The molecule has 0 radical (unpaired) electrons. The zero-order valence-corrected chi connectivity index (χ0v) is 10.3. The van der Waals surface area contributed by atoms with Gasteiger partial charge >= 0.3 is 12.0 Å². The van der Waals surface area contributed by atoms with Crippen molar-refractivity contribution >= 4 is 17.9 Å². The molecule has 0 bridgehead atoms. The molecule has 0 atom stereocenters. The topological polar surface area (TPSA) is 105 Å². The van der Waals surface area contributed by atoms with Gasteiger partial charge in [-0.3, -0.25) is 10.1 Å². The fraction of sp³-hybridized carbons (Fsp3) is 0.727. The lowest BCUT2D eigenvalue weighted by atomic mass is 9.85. The van der Waals surface area contributed by atoms with E-state index in [1.807, 2.05) is 5.32 Å². The van der Waals surface area contributed by atoms with Crippen molar-refractivity contribution in [3.8, 4) is 0 Å². The van der Waals surface area contributed by atoms with Crippen molar-refractivity contribution in [2.75, 3.05) is 13.7 Å². The van der Waals surface area contributed by atoms with E-state index in [0.717, 1.165) is 19.3 Å². The van der Waals surface area contributed by atoms with Crippen molar-refractivity contribution in [2.24, 2.45) is 0 Å². The summed E-state index contributed by atoms with van der Waals surface area (Å²) in [6.45, 7) is -0.575. The van der Waals surface area contributed by atoms with Crippen molar-refractivity contribution in [1.29, 1.82) is 0 Å². The Labute approximate surface area is 105 Å². The smallest absolute Gasteiger partial charge is 0.338 e. The van der Waals surface area contributed by atoms with Gasteiger partial charge in [0.05, 0.1) is 0 Å². The van der Waals surface area contributed by atoms with Gasteiger partial charge in [-0.05, 0) is 25.7 Å². The van der Waals surface area contributed by atoms with Crippen LogP contribution in [0, 0.1) is 0 Å². The number of imide groups is 1. The van der Waals surface area contributed by atoms with Crippen LogP contribution in [0.1, 0.15) is 32.1 Å². The highest BCUT2D eigenvalue weighted by molar-refractivity contribution is 5.95. The first-order valence-electron chi connectivity index (χ1n) is 5.89. The van der Waals surface area contributed by atoms with Crippen LogP contribution in [0.15, 0.2) is 0 Å². The van der Waals surface area contributed by atoms with E-state index in [2.05, 4.69) is 5.32 Å². The van der Waals surface area contributed by atoms with E-state index in [0.29, 0.717) is 12.8 Å². The normalized spacial score (nSPS) is 17.7. The number of hydrogen-bond donors (Lipinski definition) is 3. The van der Waals surface area contributed by atoms with Crippen molar-refractivity contribution in [3.05, 3.63) is 0 Å². The molecule has 102 valence electrons. The van der Waals surface area contributed by atoms with Crippen LogP contribution in [0.4, 0.5) is 4.79 Å². The second-order valence-corrected chi connectivity index (χ2v) is 4.30. The maximum atomic E-state index is 11.6. The number of esters is 1. The van der Waals surface area contributed by atoms with E-state index in [1.165, 1.54) is 7.05 Å². The fourth-order valence-electron chi connectivity index (χ4n) is 1.83. The predicted octanol–water partition coefficient (Wildman–Crippen LogP) is -0.320. The van der Waals surface area contributed by atoms with Gasteiger partial charge in [-0.1, -0.05) is 6.42 Å². The number of rotatable bonds is 3. The molecule has 3 N–H and O–H groups in total. The van der Waals surface area contributed by atoms with E-state index in [4.69, 9.17) is 4.74 Å². The Balaban J connectivity index is 2.36. The van der Waals surface area contributed by atoms with Crippen LogP contribution in [0.25, 0.3) is 0 Å². The molecule has 1 rings (SSSR count). The zero-order chi connectivity index (χ0) is 13.6. The summed E-state index contributed by atoms with van der Waals surface area (Å²) >= 11 is 0. The van der Waals surface area contributed by atoms with Gasteiger partial charge in [0.1, 0.15) is 0 Å². The van der Waals surface area contributed by atoms with Crippen LogP contribution in [-0.4, -0.2) is 42.3 Å². The fourth-order valence-corrected chi connectivity index (χ4v) is 1.83. The average molecular weight is 258 g/mol. The summed E-state index contributed by atoms with van der Waals surface area (Å²) in [6, 6.07) is -0.674. The van der Waals surface area contributed by atoms with E-state index in [-0.39, 0.29) is 0 Å². The molecule has 0 heterocycles. The maximum Gasteiger partial charge on any atom is 0.338 e. The van der Waals surface area contributed by atoms with E-state index >= 15 is 0 Å². The molecule has 0 aliphatic heterocycles. The Bertz CT molecular complexity index is 336. The first-order valence-corrected chi connectivity index (χ1v) is 5.89. The molecule has 1 saturated carbocycles. The highest BCUT2D eigenvalue weighted by atomic mass is 16.6. The number of urea groups is 1. The van der Waals surface area contributed by atoms with Crippen molar-refractivity contribution in [1.82, 2.24) is 10.6 Å². The van der Waals surface area contributed by atoms with Gasteiger partial charge in [0.25, 0.3) is 5.91 Å². The molecule has 3 amide bonds. The van der Waals surface area contributed by atoms with E-state index in [1.54, 1.807) is 0 Å². The number of carbonyl (C=O) groups excluding carboxylic acids is 3. The van der Waals surface area contributed by atoms with E-state index < -0.39 is 30.1 Å². The van der Waals surface area contributed by atoms with Gasteiger partial charge in [0.15, 0.2) is 12.2 Å². The third-order valence-electron chi connectivity index (χ3n) is 2.88. The molecule has 1 aliphatic rings. The molecule has 0 aromatic heterocycles. The Hall–Kier alpha value is -1.63. The minimum absolute atomic E-state index is 0.350. The predicted molar refractivity (Wildman–Crippen MR) is 61.6 cm³/mol. The van der Waals surface area contributed by atoms with Crippen LogP contribution in [0.2, 0.25) is 0 Å². The van der Waals surface area contributed by atoms with Crippen molar-refractivity contribution in [2.45, 2.75) is 37.7 Å². The average Bonchev–Trinajstić information content (AvgIpc) is 2.36. The minimum Gasteiger partial charge on any atom is -0.453 e. The van der Waals surface area contributed by atoms with Gasteiger partial charge in [-0.15, -0.1) is 0 Å². The van der Waals surface area contributed by atoms with Crippen LogP contribution in [0.5, 0.6) is 0 Å². The number of aliphatic hydroxyl groups is 1. The van der Waals surface area contributed by atoms with Crippen LogP contribution < -0.4 is 10.6 Å². The molecular weight excluding hydrogens is 240 g/mol. The number of ether oxygens (including phenoxy) is 1. The van der Waals surface area contributed by atoms with Crippen LogP contribution >= 0.6 is 0 Å². The summed E-state index contributed by atoms with van der Waals surface area (Å²) in [4.78, 5) is 33.6. The maximum absolute atomic E-state index is 11.6. The molecule has 0 saturated heterocycles. The molecule has 0 spiro atoms. The summed E-state index contributed by atoms with van der Waals surface area (Å²) in [5.41, 5.74) is -1.48. The van der Waals surface area contributed by atoms with Gasteiger partial charge in [-0.2, -0.15) is 0 Å². The molecule has 0 aromatic rings. The number of amides is 3. The second kappa shape index (κ2) is 6.34. The molecule has 1 aliphatic carbocycles. The van der Waals surface area contributed by atoms with Gasteiger partial charge in [-0.25, -0.2) is 9.59 Å². The Kier molecular flexibility index (Phi) is 5.08.